The fraction of sp³-hybridized carbons (Fsp3) is 0.250. The monoisotopic (exact) mass is 319 g/mol. The summed E-state index contributed by atoms with van der Waals surface area (Å²) in [6.07, 6.45) is 1.06. The molecule has 2 aromatic rings. The Labute approximate surface area is 122 Å². The van der Waals surface area contributed by atoms with Crippen LogP contribution >= 0.6 is 15.9 Å². The van der Waals surface area contributed by atoms with Crippen molar-refractivity contribution >= 4 is 21.6 Å². The molecule has 2 nitrogen and oxygen atoms in total. The molecular formula is C16H18BrNO. The SMILES string of the molecule is CCc1ccc(OCCNc2ccc(Br)cc2)cc1. The van der Waals surface area contributed by atoms with Crippen molar-refractivity contribution in [2.75, 3.05) is 18.5 Å². The standard InChI is InChI=1S/C16H18BrNO/c1-2-13-3-9-16(10-4-13)19-12-11-18-15-7-5-14(17)6-8-15/h3-10,18H,2,11-12H2,1H3. The topological polar surface area (TPSA) is 21.3 Å². The minimum absolute atomic E-state index is 0.654. The van der Waals surface area contributed by atoms with E-state index in [0.29, 0.717) is 6.61 Å². The summed E-state index contributed by atoms with van der Waals surface area (Å²) in [6.45, 7) is 3.59. The van der Waals surface area contributed by atoms with Gasteiger partial charge in [-0.15, -0.1) is 0 Å². The Morgan fingerprint density at radius 3 is 2.32 bits per heavy atom. The average molecular weight is 320 g/mol. The largest absolute Gasteiger partial charge is 0.492 e. The van der Waals surface area contributed by atoms with Crippen molar-refractivity contribution in [1.29, 1.82) is 0 Å². The molecule has 0 radical (unpaired) electrons. The van der Waals surface area contributed by atoms with Gasteiger partial charge in [0.1, 0.15) is 12.4 Å². The van der Waals surface area contributed by atoms with Crippen LogP contribution in [0.5, 0.6) is 5.75 Å². The zero-order chi connectivity index (χ0) is 13.5. The lowest BCUT2D eigenvalue weighted by Crippen LogP contribution is -2.11. The Hall–Kier alpha value is -1.48. The van der Waals surface area contributed by atoms with Crippen LogP contribution in [0.25, 0.3) is 0 Å². The highest BCUT2D eigenvalue weighted by atomic mass is 79.9. The fourth-order valence-corrected chi connectivity index (χ4v) is 2.02. The summed E-state index contributed by atoms with van der Waals surface area (Å²) >= 11 is 3.42. The Morgan fingerprint density at radius 2 is 1.68 bits per heavy atom. The number of benzene rings is 2. The number of halogens is 1. The summed E-state index contributed by atoms with van der Waals surface area (Å²) in [5, 5.41) is 3.32. The molecule has 2 rings (SSSR count). The molecule has 3 heteroatoms. The number of hydrogen-bond donors (Lipinski definition) is 1. The van der Waals surface area contributed by atoms with Gasteiger partial charge in [-0.1, -0.05) is 35.0 Å². The van der Waals surface area contributed by atoms with Crippen molar-refractivity contribution in [2.45, 2.75) is 13.3 Å². The second-order valence-corrected chi connectivity index (χ2v) is 5.20. The van der Waals surface area contributed by atoms with Crippen LogP contribution in [-0.4, -0.2) is 13.2 Å². The van der Waals surface area contributed by atoms with Gasteiger partial charge >= 0.3 is 0 Å². The van der Waals surface area contributed by atoms with Crippen LogP contribution in [0.2, 0.25) is 0 Å². The first-order chi connectivity index (χ1) is 9.28. The third-order valence-corrected chi connectivity index (χ3v) is 3.40. The Bertz CT molecular complexity index is 493. The zero-order valence-corrected chi connectivity index (χ0v) is 12.6. The Morgan fingerprint density at radius 1 is 1.00 bits per heavy atom. The quantitative estimate of drug-likeness (QED) is 0.791. The van der Waals surface area contributed by atoms with Gasteiger partial charge in [0.15, 0.2) is 0 Å². The molecule has 0 aliphatic heterocycles. The van der Waals surface area contributed by atoms with Gasteiger partial charge in [-0.05, 0) is 48.4 Å². The van der Waals surface area contributed by atoms with Crippen molar-refractivity contribution in [3.05, 3.63) is 58.6 Å². The molecule has 0 heterocycles. The zero-order valence-electron chi connectivity index (χ0n) is 11.0. The van der Waals surface area contributed by atoms with Gasteiger partial charge in [0.2, 0.25) is 0 Å². The van der Waals surface area contributed by atoms with Crippen molar-refractivity contribution < 1.29 is 4.74 Å². The Kier molecular flexibility index (Phi) is 5.28. The molecule has 0 spiro atoms. The molecule has 0 unspecified atom stereocenters. The van der Waals surface area contributed by atoms with E-state index >= 15 is 0 Å². The van der Waals surface area contributed by atoms with Crippen LogP contribution in [0.15, 0.2) is 53.0 Å². The fourth-order valence-electron chi connectivity index (χ4n) is 1.75. The molecule has 1 N–H and O–H groups in total. The van der Waals surface area contributed by atoms with Crippen LogP contribution in [0.3, 0.4) is 0 Å². The predicted octanol–water partition coefficient (Wildman–Crippen LogP) is 4.50. The highest BCUT2D eigenvalue weighted by Crippen LogP contribution is 2.14. The number of anilines is 1. The van der Waals surface area contributed by atoms with Crippen LogP contribution < -0.4 is 10.1 Å². The van der Waals surface area contributed by atoms with E-state index in [1.54, 1.807) is 0 Å². The molecular weight excluding hydrogens is 302 g/mol. The summed E-state index contributed by atoms with van der Waals surface area (Å²) in [5.41, 5.74) is 2.44. The van der Waals surface area contributed by atoms with E-state index in [-0.39, 0.29) is 0 Å². The van der Waals surface area contributed by atoms with Crippen molar-refractivity contribution in [3.8, 4) is 5.75 Å². The van der Waals surface area contributed by atoms with E-state index < -0.39 is 0 Å². The Balaban J connectivity index is 1.72. The second-order valence-electron chi connectivity index (χ2n) is 4.28. The van der Waals surface area contributed by atoms with Crippen molar-refractivity contribution in [1.82, 2.24) is 0 Å². The minimum atomic E-state index is 0.654. The maximum absolute atomic E-state index is 5.68. The van der Waals surface area contributed by atoms with Crippen LogP contribution in [-0.2, 0) is 6.42 Å². The minimum Gasteiger partial charge on any atom is -0.492 e. The molecule has 19 heavy (non-hydrogen) atoms. The number of aryl methyl sites for hydroxylation is 1. The van der Waals surface area contributed by atoms with E-state index in [9.17, 15) is 0 Å². The number of nitrogens with one attached hydrogen (secondary N) is 1. The van der Waals surface area contributed by atoms with Crippen molar-refractivity contribution in [3.63, 3.8) is 0 Å². The summed E-state index contributed by atoms with van der Waals surface area (Å²) in [4.78, 5) is 0. The molecule has 0 aliphatic carbocycles. The van der Waals surface area contributed by atoms with Gasteiger partial charge in [-0.25, -0.2) is 0 Å². The molecule has 2 aromatic carbocycles. The maximum Gasteiger partial charge on any atom is 0.119 e. The molecule has 0 aromatic heterocycles. The van der Waals surface area contributed by atoms with Gasteiger partial charge < -0.3 is 10.1 Å². The van der Waals surface area contributed by atoms with Gasteiger partial charge in [-0.2, -0.15) is 0 Å². The maximum atomic E-state index is 5.68. The number of hydrogen-bond acceptors (Lipinski definition) is 2. The molecule has 0 atom stereocenters. The first-order valence-electron chi connectivity index (χ1n) is 6.49. The summed E-state index contributed by atoms with van der Waals surface area (Å²) in [7, 11) is 0. The first-order valence-corrected chi connectivity index (χ1v) is 7.28. The highest BCUT2D eigenvalue weighted by molar-refractivity contribution is 9.10. The van der Waals surface area contributed by atoms with E-state index in [0.717, 1.165) is 28.9 Å². The smallest absolute Gasteiger partial charge is 0.119 e. The third kappa shape index (κ3) is 4.60. The normalized spacial score (nSPS) is 10.2. The third-order valence-electron chi connectivity index (χ3n) is 2.88. The molecule has 0 saturated carbocycles. The molecule has 100 valence electrons. The van der Waals surface area contributed by atoms with Gasteiger partial charge in [0.05, 0.1) is 0 Å². The lowest BCUT2D eigenvalue weighted by Gasteiger charge is -2.09. The van der Waals surface area contributed by atoms with E-state index in [1.165, 1.54) is 5.56 Å². The number of rotatable bonds is 6. The van der Waals surface area contributed by atoms with Gasteiger partial charge in [0.25, 0.3) is 0 Å². The highest BCUT2D eigenvalue weighted by Gasteiger charge is 1.95. The summed E-state index contributed by atoms with van der Waals surface area (Å²) in [5.74, 6) is 0.926. The molecule has 0 fully saturated rings. The van der Waals surface area contributed by atoms with Crippen LogP contribution in [0, 0.1) is 0 Å². The van der Waals surface area contributed by atoms with E-state index in [4.69, 9.17) is 4.74 Å². The van der Waals surface area contributed by atoms with Gasteiger partial charge in [-0.3, -0.25) is 0 Å². The van der Waals surface area contributed by atoms with E-state index in [1.807, 2.05) is 36.4 Å². The molecule has 0 aliphatic rings. The van der Waals surface area contributed by atoms with Gasteiger partial charge in [0, 0.05) is 16.7 Å². The lowest BCUT2D eigenvalue weighted by molar-refractivity contribution is 0.333. The average Bonchev–Trinajstić information content (AvgIpc) is 2.46. The molecule has 0 saturated heterocycles. The van der Waals surface area contributed by atoms with Crippen LogP contribution in [0.4, 0.5) is 5.69 Å². The summed E-state index contributed by atoms with van der Waals surface area (Å²) in [6, 6.07) is 16.4. The second kappa shape index (κ2) is 7.19. The molecule has 0 bridgehead atoms. The predicted molar refractivity (Wildman–Crippen MR) is 83.9 cm³/mol. The van der Waals surface area contributed by atoms with Crippen molar-refractivity contribution in [2.24, 2.45) is 0 Å². The summed E-state index contributed by atoms with van der Waals surface area (Å²) < 4.78 is 6.77. The first kappa shape index (κ1) is 13.9. The molecule has 0 amide bonds. The number of ether oxygens (including phenoxy) is 1. The van der Waals surface area contributed by atoms with E-state index in [2.05, 4.69) is 40.3 Å². The van der Waals surface area contributed by atoms with Crippen LogP contribution in [0.1, 0.15) is 12.5 Å². The lowest BCUT2D eigenvalue weighted by atomic mass is 10.2.